The number of carbonyl (C=O) groups is 1. The van der Waals surface area contributed by atoms with E-state index in [1.807, 2.05) is 0 Å². The smallest absolute Gasteiger partial charge is 0.309 e. The van der Waals surface area contributed by atoms with E-state index in [2.05, 4.69) is 23.9 Å². The van der Waals surface area contributed by atoms with Gasteiger partial charge in [0, 0.05) is 13.1 Å². The van der Waals surface area contributed by atoms with E-state index < -0.39 is 11.4 Å². The Bertz CT molecular complexity index is 279. The van der Waals surface area contributed by atoms with Crippen molar-refractivity contribution in [3.05, 3.63) is 0 Å². The van der Waals surface area contributed by atoms with Crippen molar-refractivity contribution in [1.29, 1.82) is 0 Å². The molecular formula is C14H28N2O2. The Morgan fingerprint density at radius 2 is 2.17 bits per heavy atom. The van der Waals surface area contributed by atoms with Gasteiger partial charge in [-0.3, -0.25) is 4.79 Å². The SMILES string of the molecule is CN1CCCC(CN(C)CCC(C)(C)C(=O)O)C1. The molecule has 0 aromatic carbocycles. The summed E-state index contributed by atoms with van der Waals surface area (Å²) >= 11 is 0. The molecule has 0 aliphatic carbocycles. The number of piperidine rings is 1. The molecule has 18 heavy (non-hydrogen) atoms. The molecular weight excluding hydrogens is 228 g/mol. The van der Waals surface area contributed by atoms with Crippen LogP contribution in [0.4, 0.5) is 0 Å². The summed E-state index contributed by atoms with van der Waals surface area (Å²) in [6, 6.07) is 0. The Kier molecular flexibility index (Phi) is 5.60. The molecule has 1 aliphatic rings. The summed E-state index contributed by atoms with van der Waals surface area (Å²) in [6.07, 6.45) is 3.30. The summed E-state index contributed by atoms with van der Waals surface area (Å²) in [4.78, 5) is 15.7. The second kappa shape index (κ2) is 6.53. The van der Waals surface area contributed by atoms with Crippen LogP contribution in [0, 0.1) is 11.3 Å². The fourth-order valence-corrected chi connectivity index (χ4v) is 2.53. The highest BCUT2D eigenvalue weighted by molar-refractivity contribution is 5.73. The van der Waals surface area contributed by atoms with Crippen LogP contribution in [0.15, 0.2) is 0 Å². The lowest BCUT2D eigenvalue weighted by Crippen LogP contribution is -2.39. The van der Waals surface area contributed by atoms with Gasteiger partial charge in [0.25, 0.3) is 0 Å². The highest BCUT2D eigenvalue weighted by Gasteiger charge is 2.27. The maximum absolute atomic E-state index is 11.0. The minimum atomic E-state index is -0.701. The zero-order valence-corrected chi connectivity index (χ0v) is 12.3. The molecule has 0 aromatic rings. The first-order valence-corrected chi connectivity index (χ1v) is 6.92. The van der Waals surface area contributed by atoms with E-state index in [4.69, 9.17) is 5.11 Å². The lowest BCUT2D eigenvalue weighted by Gasteiger charge is -2.33. The van der Waals surface area contributed by atoms with Gasteiger partial charge in [-0.15, -0.1) is 0 Å². The van der Waals surface area contributed by atoms with Crippen molar-refractivity contribution in [2.75, 3.05) is 40.3 Å². The second-order valence-corrected chi connectivity index (χ2v) is 6.47. The Balaban J connectivity index is 2.29. The first kappa shape index (κ1) is 15.4. The fourth-order valence-electron chi connectivity index (χ4n) is 2.53. The standard InChI is InChI=1S/C14H28N2O2/c1-14(2,13(17)18)7-9-16(4)11-12-6-5-8-15(3)10-12/h12H,5-11H2,1-4H3,(H,17,18). The molecule has 1 fully saturated rings. The minimum Gasteiger partial charge on any atom is -0.481 e. The molecule has 4 nitrogen and oxygen atoms in total. The van der Waals surface area contributed by atoms with Gasteiger partial charge in [-0.25, -0.2) is 0 Å². The van der Waals surface area contributed by atoms with E-state index in [0.29, 0.717) is 6.42 Å². The minimum absolute atomic E-state index is 0.613. The quantitative estimate of drug-likeness (QED) is 0.786. The van der Waals surface area contributed by atoms with Crippen LogP contribution in [0.3, 0.4) is 0 Å². The first-order chi connectivity index (χ1) is 8.31. The monoisotopic (exact) mass is 256 g/mol. The first-order valence-electron chi connectivity index (χ1n) is 6.92. The third-order valence-corrected chi connectivity index (χ3v) is 3.99. The Hall–Kier alpha value is -0.610. The van der Waals surface area contributed by atoms with Crippen molar-refractivity contribution < 1.29 is 9.90 Å². The molecule has 0 aromatic heterocycles. The zero-order chi connectivity index (χ0) is 13.8. The third-order valence-electron chi connectivity index (χ3n) is 3.99. The lowest BCUT2D eigenvalue weighted by molar-refractivity contribution is -0.147. The molecule has 1 N–H and O–H groups in total. The average molecular weight is 256 g/mol. The molecule has 1 atom stereocenters. The van der Waals surface area contributed by atoms with Crippen LogP contribution in [0.1, 0.15) is 33.1 Å². The number of rotatable bonds is 6. The van der Waals surface area contributed by atoms with Crippen LogP contribution >= 0.6 is 0 Å². The molecule has 1 saturated heterocycles. The predicted molar refractivity (Wildman–Crippen MR) is 73.8 cm³/mol. The van der Waals surface area contributed by atoms with E-state index in [0.717, 1.165) is 19.0 Å². The van der Waals surface area contributed by atoms with Crippen molar-refractivity contribution in [3.8, 4) is 0 Å². The van der Waals surface area contributed by atoms with E-state index >= 15 is 0 Å². The van der Waals surface area contributed by atoms with Crippen LogP contribution in [0.25, 0.3) is 0 Å². The number of hydrogen-bond acceptors (Lipinski definition) is 3. The average Bonchev–Trinajstić information content (AvgIpc) is 2.26. The van der Waals surface area contributed by atoms with Gasteiger partial charge in [-0.1, -0.05) is 0 Å². The Morgan fingerprint density at radius 1 is 1.50 bits per heavy atom. The van der Waals surface area contributed by atoms with Crippen LogP contribution < -0.4 is 0 Å². The van der Waals surface area contributed by atoms with Crippen molar-refractivity contribution in [2.45, 2.75) is 33.1 Å². The maximum Gasteiger partial charge on any atom is 0.309 e. The summed E-state index contributed by atoms with van der Waals surface area (Å²) in [5.74, 6) is 0.0370. The molecule has 1 unspecified atom stereocenters. The maximum atomic E-state index is 11.0. The summed E-state index contributed by atoms with van der Waals surface area (Å²) in [5, 5.41) is 9.09. The molecule has 0 saturated carbocycles. The molecule has 4 heteroatoms. The Labute approximate surface area is 111 Å². The van der Waals surface area contributed by atoms with Crippen LogP contribution in [-0.2, 0) is 4.79 Å². The number of likely N-dealkylation sites (tertiary alicyclic amines) is 1. The van der Waals surface area contributed by atoms with Gasteiger partial charge in [0.05, 0.1) is 5.41 Å². The molecule has 0 radical (unpaired) electrons. The van der Waals surface area contributed by atoms with Gasteiger partial charge in [0.15, 0.2) is 0 Å². The zero-order valence-electron chi connectivity index (χ0n) is 12.3. The molecule has 0 bridgehead atoms. The topological polar surface area (TPSA) is 43.8 Å². The van der Waals surface area contributed by atoms with Crippen LogP contribution in [-0.4, -0.2) is 61.2 Å². The lowest BCUT2D eigenvalue weighted by atomic mass is 9.89. The van der Waals surface area contributed by atoms with Gasteiger partial charge >= 0.3 is 5.97 Å². The molecule has 1 aliphatic heterocycles. The fraction of sp³-hybridized carbons (Fsp3) is 0.929. The molecule has 0 amide bonds. The number of hydrogen-bond donors (Lipinski definition) is 1. The Morgan fingerprint density at radius 3 is 2.72 bits per heavy atom. The second-order valence-electron chi connectivity index (χ2n) is 6.47. The number of aliphatic carboxylic acids is 1. The summed E-state index contributed by atoms with van der Waals surface area (Å²) < 4.78 is 0. The summed E-state index contributed by atoms with van der Waals surface area (Å²) in [7, 11) is 4.28. The molecule has 1 heterocycles. The normalized spacial score (nSPS) is 22.4. The van der Waals surface area contributed by atoms with Gasteiger partial charge in [-0.2, -0.15) is 0 Å². The molecule has 0 spiro atoms. The number of carboxylic acids is 1. The van der Waals surface area contributed by atoms with Gasteiger partial charge in [0.1, 0.15) is 0 Å². The molecule has 1 rings (SSSR count). The van der Waals surface area contributed by atoms with Crippen LogP contribution in [0.5, 0.6) is 0 Å². The summed E-state index contributed by atoms with van der Waals surface area (Å²) in [6.45, 7) is 7.94. The van der Waals surface area contributed by atoms with Crippen molar-refractivity contribution in [1.82, 2.24) is 9.80 Å². The highest BCUT2D eigenvalue weighted by Crippen LogP contribution is 2.21. The van der Waals surface area contributed by atoms with Crippen molar-refractivity contribution in [3.63, 3.8) is 0 Å². The van der Waals surface area contributed by atoms with Gasteiger partial charge in [-0.05, 0) is 66.2 Å². The van der Waals surface area contributed by atoms with E-state index in [9.17, 15) is 4.79 Å². The van der Waals surface area contributed by atoms with Crippen molar-refractivity contribution >= 4 is 5.97 Å². The number of nitrogens with zero attached hydrogens (tertiary/aromatic N) is 2. The highest BCUT2D eigenvalue weighted by atomic mass is 16.4. The predicted octanol–water partition coefficient (Wildman–Crippen LogP) is 1.76. The van der Waals surface area contributed by atoms with E-state index in [1.54, 1.807) is 13.8 Å². The largest absolute Gasteiger partial charge is 0.481 e. The van der Waals surface area contributed by atoms with E-state index in [1.165, 1.54) is 25.9 Å². The summed E-state index contributed by atoms with van der Waals surface area (Å²) in [5.41, 5.74) is -0.613. The van der Waals surface area contributed by atoms with Gasteiger partial charge in [0.2, 0.25) is 0 Å². The van der Waals surface area contributed by atoms with Crippen molar-refractivity contribution in [2.24, 2.45) is 11.3 Å². The molecule has 106 valence electrons. The third kappa shape index (κ3) is 4.94. The van der Waals surface area contributed by atoms with Crippen LogP contribution in [0.2, 0.25) is 0 Å². The number of carboxylic acid groups (broad SMARTS) is 1. The van der Waals surface area contributed by atoms with E-state index in [-0.39, 0.29) is 0 Å². The van der Waals surface area contributed by atoms with Gasteiger partial charge < -0.3 is 14.9 Å².